The van der Waals surface area contributed by atoms with Gasteiger partial charge < -0.3 is 0 Å². The van der Waals surface area contributed by atoms with Gasteiger partial charge >= 0.3 is 0 Å². The topological polar surface area (TPSA) is 30.7 Å². The van der Waals surface area contributed by atoms with Gasteiger partial charge in [-0.05, 0) is 30.3 Å². The Morgan fingerprint density at radius 2 is 1.74 bits per heavy atom. The van der Waals surface area contributed by atoms with Crippen molar-refractivity contribution in [1.29, 1.82) is 0 Å². The average Bonchev–Trinajstić information content (AvgIpc) is 2.89. The molecule has 1 heterocycles. The van der Waals surface area contributed by atoms with Crippen LogP contribution in [0.4, 0.5) is 0 Å². The summed E-state index contributed by atoms with van der Waals surface area (Å²) in [5.41, 5.74) is 1.78. The molecule has 0 saturated carbocycles. The zero-order chi connectivity index (χ0) is 13.2. The van der Waals surface area contributed by atoms with Crippen LogP contribution in [-0.2, 0) is 0 Å². The SMILES string of the molecule is Clc1ccc(-c2nncn2-c2ccccc2)c(Cl)c1. The summed E-state index contributed by atoms with van der Waals surface area (Å²) in [4.78, 5) is 0. The lowest BCUT2D eigenvalue weighted by Gasteiger charge is -2.07. The summed E-state index contributed by atoms with van der Waals surface area (Å²) < 4.78 is 1.88. The van der Waals surface area contributed by atoms with Gasteiger partial charge in [0.1, 0.15) is 6.33 Å². The number of halogens is 2. The summed E-state index contributed by atoms with van der Waals surface area (Å²) in [6, 6.07) is 15.2. The van der Waals surface area contributed by atoms with Gasteiger partial charge in [0, 0.05) is 16.3 Å². The molecule has 3 aromatic rings. The fraction of sp³-hybridized carbons (Fsp3) is 0. The van der Waals surface area contributed by atoms with E-state index in [4.69, 9.17) is 23.2 Å². The fourth-order valence-corrected chi connectivity index (χ4v) is 2.36. The Morgan fingerprint density at radius 3 is 2.47 bits per heavy atom. The highest BCUT2D eigenvalue weighted by molar-refractivity contribution is 6.36. The Morgan fingerprint density at radius 1 is 0.947 bits per heavy atom. The Balaban J connectivity index is 2.15. The second-order valence-electron chi connectivity index (χ2n) is 3.98. The van der Waals surface area contributed by atoms with Crippen molar-refractivity contribution in [3.63, 3.8) is 0 Å². The van der Waals surface area contributed by atoms with Crippen molar-refractivity contribution in [2.24, 2.45) is 0 Å². The van der Waals surface area contributed by atoms with E-state index in [2.05, 4.69) is 10.2 Å². The van der Waals surface area contributed by atoms with E-state index in [9.17, 15) is 0 Å². The van der Waals surface area contributed by atoms with Crippen LogP contribution < -0.4 is 0 Å². The maximum atomic E-state index is 6.21. The molecule has 0 atom stereocenters. The van der Waals surface area contributed by atoms with Gasteiger partial charge in [-0.3, -0.25) is 4.57 Å². The molecule has 0 bridgehead atoms. The predicted octanol–water partition coefficient (Wildman–Crippen LogP) is 4.24. The summed E-state index contributed by atoms with van der Waals surface area (Å²) in [7, 11) is 0. The molecule has 0 N–H and O–H groups in total. The van der Waals surface area contributed by atoms with E-state index in [1.807, 2.05) is 41.0 Å². The lowest BCUT2D eigenvalue weighted by atomic mass is 10.2. The van der Waals surface area contributed by atoms with Gasteiger partial charge in [0.2, 0.25) is 0 Å². The smallest absolute Gasteiger partial charge is 0.169 e. The first-order valence-electron chi connectivity index (χ1n) is 5.66. The molecule has 2 aromatic carbocycles. The first-order chi connectivity index (χ1) is 9.25. The molecule has 0 fully saturated rings. The number of aromatic nitrogens is 3. The Labute approximate surface area is 120 Å². The van der Waals surface area contributed by atoms with Crippen LogP contribution in [0.15, 0.2) is 54.9 Å². The van der Waals surface area contributed by atoms with E-state index in [1.165, 1.54) is 0 Å². The van der Waals surface area contributed by atoms with E-state index in [1.54, 1.807) is 18.5 Å². The van der Waals surface area contributed by atoms with Crippen LogP contribution in [0, 0.1) is 0 Å². The van der Waals surface area contributed by atoms with E-state index in [0.29, 0.717) is 15.9 Å². The van der Waals surface area contributed by atoms with Crippen LogP contribution in [0.25, 0.3) is 17.1 Å². The van der Waals surface area contributed by atoms with Gasteiger partial charge in [-0.15, -0.1) is 10.2 Å². The molecule has 19 heavy (non-hydrogen) atoms. The molecule has 0 aliphatic carbocycles. The largest absolute Gasteiger partial charge is 0.282 e. The minimum atomic E-state index is 0.553. The molecule has 0 aliphatic heterocycles. The highest BCUT2D eigenvalue weighted by Crippen LogP contribution is 2.30. The third kappa shape index (κ3) is 2.35. The van der Waals surface area contributed by atoms with Crippen molar-refractivity contribution in [2.45, 2.75) is 0 Å². The summed E-state index contributed by atoms with van der Waals surface area (Å²) >= 11 is 12.1. The molecule has 5 heteroatoms. The van der Waals surface area contributed by atoms with Crippen LogP contribution in [0.5, 0.6) is 0 Å². The van der Waals surface area contributed by atoms with E-state index >= 15 is 0 Å². The number of benzene rings is 2. The van der Waals surface area contributed by atoms with Crippen LogP contribution in [0.2, 0.25) is 10.0 Å². The quantitative estimate of drug-likeness (QED) is 0.706. The highest BCUT2D eigenvalue weighted by atomic mass is 35.5. The Hall–Kier alpha value is -1.84. The molecule has 0 amide bonds. The summed E-state index contributed by atoms with van der Waals surface area (Å²) in [6.45, 7) is 0. The van der Waals surface area contributed by atoms with Gasteiger partial charge in [-0.1, -0.05) is 41.4 Å². The molecule has 1 aromatic heterocycles. The molecule has 0 saturated heterocycles. The number of hydrogen-bond donors (Lipinski definition) is 0. The maximum absolute atomic E-state index is 6.21. The Kier molecular flexibility index (Phi) is 3.23. The molecule has 0 radical (unpaired) electrons. The fourth-order valence-electron chi connectivity index (χ4n) is 1.87. The monoisotopic (exact) mass is 289 g/mol. The summed E-state index contributed by atoms with van der Waals surface area (Å²) in [5, 5.41) is 9.25. The number of para-hydroxylation sites is 1. The van der Waals surface area contributed by atoms with E-state index in [-0.39, 0.29) is 0 Å². The molecular formula is C14H9Cl2N3. The zero-order valence-corrected chi connectivity index (χ0v) is 11.3. The minimum Gasteiger partial charge on any atom is -0.282 e. The van der Waals surface area contributed by atoms with Gasteiger partial charge in [-0.2, -0.15) is 0 Å². The average molecular weight is 290 g/mol. The first-order valence-corrected chi connectivity index (χ1v) is 6.42. The van der Waals surface area contributed by atoms with Crippen molar-refractivity contribution in [3.8, 4) is 17.1 Å². The lowest BCUT2D eigenvalue weighted by Crippen LogP contribution is -1.96. The number of hydrogen-bond acceptors (Lipinski definition) is 2. The van der Waals surface area contributed by atoms with Gasteiger partial charge in [0.05, 0.1) is 5.02 Å². The molecular weight excluding hydrogens is 281 g/mol. The molecule has 94 valence electrons. The predicted molar refractivity (Wildman–Crippen MR) is 76.8 cm³/mol. The van der Waals surface area contributed by atoms with Crippen molar-refractivity contribution in [1.82, 2.24) is 14.8 Å². The normalized spacial score (nSPS) is 10.6. The summed E-state index contributed by atoms with van der Waals surface area (Å²) in [6.07, 6.45) is 1.66. The second-order valence-corrected chi connectivity index (χ2v) is 4.83. The van der Waals surface area contributed by atoms with Gasteiger partial charge in [0.25, 0.3) is 0 Å². The molecule has 3 rings (SSSR count). The second kappa shape index (κ2) is 5.03. The third-order valence-electron chi connectivity index (χ3n) is 2.75. The third-order valence-corrected chi connectivity index (χ3v) is 3.30. The molecule has 3 nitrogen and oxygen atoms in total. The lowest BCUT2D eigenvalue weighted by molar-refractivity contribution is 1.06. The standard InChI is InChI=1S/C14H9Cl2N3/c15-10-6-7-12(13(16)8-10)14-18-17-9-19(14)11-4-2-1-3-5-11/h1-9H. The summed E-state index contributed by atoms with van der Waals surface area (Å²) in [5.74, 6) is 0.688. The van der Waals surface area contributed by atoms with Crippen LogP contribution >= 0.6 is 23.2 Å². The first kappa shape index (κ1) is 12.2. The zero-order valence-electron chi connectivity index (χ0n) is 9.79. The van der Waals surface area contributed by atoms with Crippen molar-refractivity contribution >= 4 is 23.2 Å². The van der Waals surface area contributed by atoms with Crippen LogP contribution in [-0.4, -0.2) is 14.8 Å². The van der Waals surface area contributed by atoms with Gasteiger partial charge in [0.15, 0.2) is 5.82 Å². The molecule has 0 aliphatic rings. The molecule has 0 unspecified atom stereocenters. The Bertz CT molecular complexity index is 708. The number of nitrogens with zero attached hydrogens (tertiary/aromatic N) is 3. The number of rotatable bonds is 2. The van der Waals surface area contributed by atoms with Gasteiger partial charge in [-0.25, -0.2) is 0 Å². The highest BCUT2D eigenvalue weighted by Gasteiger charge is 2.12. The maximum Gasteiger partial charge on any atom is 0.169 e. The van der Waals surface area contributed by atoms with E-state index in [0.717, 1.165) is 11.3 Å². The van der Waals surface area contributed by atoms with Crippen molar-refractivity contribution in [3.05, 3.63) is 64.9 Å². The van der Waals surface area contributed by atoms with Crippen molar-refractivity contribution < 1.29 is 0 Å². The van der Waals surface area contributed by atoms with Crippen molar-refractivity contribution in [2.75, 3.05) is 0 Å². The van der Waals surface area contributed by atoms with Crippen LogP contribution in [0.1, 0.15) is 0 Å². The molecule has 0 spiro atoms. The minimum absolute atomic E-state index is 0.553. The van der Waals surface area contributed by atoms with Crippen LogP contribution in [0.3, 0.4) is 0 Å². The van der Waals surface area contributed by atoms with E-state index < -0.39 is 0 Å².